The lowest BCUT2D eigenvalue weighted by Crippen LogP contribution is -1.89. The van der Waals surface area contributed by atoms with E-state index in [0.717, 1.165) is 16.5 Å². The van der Waals surface area contributed by atoms with Crippen molar-refractivity contribution in [1.29, 1.82) is 0 Å². The Kier molecular flexibility index (Phi) is 4.48. The fourth-order valence-corrected chi connectivity index (χ4v) is 1.92. The molecule has 1 aromatic heterocycles. The van der Waals surface area contributed by atoms with Crippen molar-refractivity contribution < 1.29 is 8.78 Å². The molecule has 0 unspecified atom stereocenters. The second-order valence-electron chi connectivity index (χ2n) is 4.85. The van der Waals surface area contributed by atoms with Crippen LogP contribution in [-0.4, -0.2) is 4.98 Å². The van der Waals surface area contributed by atoms with Crippen LogP contribution >= 0.6 is 0 Å². The largest absolute Gasteiger partial charge is 0.396 e. The van der Waals surface area contributed by atoms with E-state index < -0.39 is 0 Å². The van der Waals surface area contributed by atoms with E-state index >= 15 is 0 Å². The summed E-state index contributed by atoms with van der Waals surface area (Å²) in [6, 6.07) is 11.8. The van der Waals surface area contributed by atoms with E-state index in [1.165, 1.54) is 12.1 Å². The summed E-state index contributed by atoms with van der Waals surface area (Å²) in [5.74, 6) is -0.583. The number of nitrogens with two attached hydrogens (primary N) is 1. The number of anilines is 1. The van der Waals surface area contributed by atoms with Gasteiger partial charge in [-0.1, -0.05) is 12.1 Å². The minimum absolute atomic E-state index is 0.209. The highest BCUT2D eigenvalue weighted by Crippen LogP contribution is 2.16. The van der Waals surface area contributed by atoms with Crippen LogP contribution in [0, 0.1) is 25.5 Å². The monoisotopic (exact) mass is 286 g/mol. The van der Waals surface area contributed by atoms with Gasteiger partial charge in [0.25, 0.3) is 0 Å². The second-order valence-corrected chi connectivity index (χ2v) is 4.85. The first-order valence-corrected chi connectivity index (χ1v) is 6.50. The van der Waals surface area contributed by atoms with Gasteiger partial charge >= 0.3 is 0 Å². The first-order valence-electron chi connectivity index (χ1n) is 6.50. The Morgan fingerprint density at radius 2 is 1.62 bits per heavy atom. The molecule has 0 amide bonds. The molecule has 0 radical (unpaired) electrons. The van der Waals surface area contributed by atoms with Crippen molar-refractivity contribution in [3.8, 4) is 0 Å². The molecule has 108 valence electrons. The molecule has 0 spiro atoms. The van der Waals surface area contributed by atoms with Gasteiger partial charge < -0.3 is 5.73 Å². The van der Waals surface area contributed by atoms with Crippen molar-refractivity contribution in [3.05, 3.63) is 71.4 Å². The van der Waals surface area contributed by atoms with Gasteiger partial charge in [-0.2, -0.15) is 0 Å². The first kappa shape index (κ1) is 14.9. The maximum absolute atomic E-state index is 13.2. The predicted molar refractivity (Wildman–Crippen MR) is 82.0 cm³/mol. The molecule has 0 fully saturated rings. The lowest BCUT2D eigenvalue weighted by molar-refractivity contribution is 0.631. The standard InChI is InChI=1S/C10H8FN.C7H8FN/c1-7-5-8-3-2-4-12-10(8)9(11)6-7;1-5-2-3-7(9)6(8)4-5/h2-6H,1H3;2-4H,9H2,1H3. The van der Waals surface area contributed by atoms with Crippen LogP contribution in [0.4, 0.5) is 14.5 Å². The van der Waals surface area contributed by atoms with Gasteiger partial charge in [0.1, 0.15) is 17.2 Å². The van der Waals surface area contributed by atoms with E-state index in [0.29, 0.717) is 5.52 Å². The number of rotatable bonds is 0. The lowest BCUT2D eigenvalue weighted by Gasteiger charge is -1.98. The number of nitrogen functional groups attached to an aromatic ring is 1. The minimum Gasteiger partial charge on any atom is -0.396 e. The van der Waals surface area contributed by atoms with Gasteiger partial charge in [-0.25, -0.2) is 8.78 Å². The maximum atomic E-state index is 13.2. The molecule has 0 saturated heterocycles. The quantitative estimate of drug-likeness (QED) is 0.622. The van der Waals surface area contributed by atoms with Gasteiger partial charge in [-0.05, 0) is 55.3 Å². The highest BCUT2D eigenvalue weighted by molar-refractivity contribution is 5.79. The van der Waals surface area contributed by atoms with Crippen LogP contribution in [0.2, 0.25) is 0 Å². The van der Waals surface area contributed by atoms with Gasteiger partial charge in [-0.15, -0.1) is 0 Å². The Hall–Kier alpha value is -2.49. The Bertz CT molecular complexity index is 770. The van der Waals surface area contributed by atoms with Crippen LogP contribution in [0.25, 0.3) is 10.9 Å². The normalized spacial score (nSPS) is 10.1. The molecule has 2 aromatic carbocycles. The van der Waals surface area contributed by atoms with Crippen molar-refractivity contribution in [1.82, 2.24) is 4.98 Å². The molecular formula is C17H16F2N2. The number of fused-ring (bicyclic) bond motifs is 1. The molecule has 21 heavy (non-hydrogen) atoms. The first-order chi connectivity index (χ1) is 9.97. The molecule has 1 heterocycles. The molecule has 4 heteroatoms. The van der Waals surface area contributed by atoms with Crippen LogP contribution in [0.1, 0.15) is 11.1 Å². The fraction of sp³-hybridized carbons (Fsp3) is 0.118. The van der Waals surface area contributed by atoms with Gasteiger partial charge in [0, 0.05) is 11.6 Å². The zero-order valence-electron chi connectivity index (χ0n) is 11.9. The molecule has 0 bridgehead atoms. The number of benzene rings is 2. The average molecular weight is 286 g/mol. The molecule has 0 aliphatic carbocycles. The van der Waals surface area contributed by atoms with E-state index in [9.17, 15) is 8.78 Å². The van der Waals surface area contributed by atoms with E-state index in [1.54, 1.807) is 24.4 Å². The maximum Gasteiger partial charge on any atom is 0.149 e. The number of nitrogens with zero attached hydrogens (tertiary/aromatic N) is 1. The molecule has 2 N–H and O–H groups in total. The topological polar surface area (TPSA) is 38.9 Å². The van der Waals surface area contributed by atoms with Crippen LogP contribution in [0.5, 0.6) is 0 Å². The zero-order chi connectivity index (χ0) is 15.4. The Labute approximate surface area is 122 Å². The SMILES string of the molecule is Cc1cc(F)c2ncccc2c1.Cc1ccc(N)c(F)c1. The average Bonchev–Trinajstić information content (AvgIpc) is 2.44. The Balaban J connectivity index is 0.000000161. The lowest BCUT2D eigenvalue weighted by atomic mass is 10.1. The summed E-state index contributed by atoms with van der Waals surface area (Å²) in [5.41, 5.74) is 7.68. The molecule has 0 aliphatic heterocycles. The van der Waals surface area contributed by atoms with E-state index in [4.69, 9.17) is 5.73 Å². The highest BCUT2D eigenvalue weighted by Gasteiger charge is 2.00. The number of aryl methyl sites for hydroxylation is 2. The fourth-order valence-electron chi connectivity index (χ4n) is 1.92. The summed E-state index contributed by atoms with van der Waals surface area (Å²) in [7, 11) is 0. The summed E-state index contributed by atoms with van der Waals surface area (Å²) >= 11 is 0. The third-order valence-electron chi connectivity index (χ3n) is 2.96. The summed E-state index contributed by atoms with van der Waals surface area (Å²) in [5, 5.41) is 0.856. The second kappa shape index (κ2) is 6.31. The molecule has 0 atom stereocenters. The zero-order valence-corrected chi connectivity index (χ0v) is 11.9. The van der Waals surface area contributed by atoms with Gasteiger partial charge in [-0.3, -0.25) is 4.98 Å². The smallest absolute Gasteiger partial charge is 0.149 e. The molecule has 3 rings (SSSR count). The van der Waals surface area contributed by atoms with Crippen molar-refractivity contribution in [2.24, 2.45) is 0 Å². The van der Waals surface area contributed by atoms with Gasteiger partial charge in [0.2, 0.25) is 0 Å². The van der Waals surface area contributed by atoms with E-state index in [1.807, 2.05) is 26.0 Å². The highest BCUT2D eigenvalue weighted by atomic mass is 19.1. The van der Waals surface area contributed by atoms with E-state index in [2.05, 4.69) is 4.98 Å². The van der Waals surface area contributed by atoms with Crippen molar-refractivity contribution in [2.45, 2.75) is 13.8 Å². The Morgan fingerprint density at radius 1 is 0.905 bits per heavy atom. The Morgan fingerprint density at radius 3 is 2.29 bits per heavy atom. The summed E-state index contributed by atoms with van der Waals surface area (Å²) < 4.78 is 25.6. The summed E-state index contributed by atoms with van der Waals surface area (Å²) in [6.45, 7) is 3.69. The van der Waals surface area contributed by atoms with Crippen LogP contribution < -0.4 is 5.73 Å². The number of halogens is 2. The summed E-state index contributed by atoms with van der Waals surface area (Å²) in [4.78, 5) is 3.95. The number of hydrogen-bond acceptors (Lipinski definition) is 2. The van der Waals surface area contributed by atoms with Crippen LogP contribution in [0.15, 0.2) is 48.7 Å². The molecule has 3 aromatic rings. The van der Waals surface area contributed by atoms with Crippen molar-refractivity contribution in [2.75, 3.05) is 5.73 Å². The molecular weight excluding hydrogens is 270 g/mol. The van der Waals surface area contributed by atoms with Gasteiger partial charge in [0.05, 0.1) is 5.69 Å². The van der Waals surface area contributed by atoms with Crippen molar-refractivity contribution >= 4 is 16.6 Å². The third-order valence-corrected chi connectivity index (χ3v) is 2.96. The van der Waals surface area contributed by atoms with Crippen molar-refractivity contribution in [3.63, 3.8) is 0 Å². The molecule has 2 nitrogen and oxygen atoms in total. The van der Waals surface area contributed by atoms with E-state index in [-0.39, 0.29) is 17.3 Å². The number of pyridine rings is 1. The van der Waals surface area contributed by atoms with Crippen LogP contribution in [0.3, 0.4) is 0 Å². The van der Waals surface area contributed by atoms with Gasteiger partial charge in [0.15, 0.2) is 0 Å². The number of aromatic nitrogens is 1. The van der Waals surface area contributed by atoms with Crippen LogP contribution in [-0.2, 0) is 0 Å². The molecule has 0 saturated carbocycles. The predicted octanol–water partition coefficient (Wildman–Crippen LogP) is 4.40. The summed E-state index contributed by atoms with van der Waals surface area (Å²) in [6.07, 6.45) is 1.60. The number of hydrogen-bond donors (Lipinski definition) is 1. The minimum atomic E-state index is -0.338. The third kappa shape index (κ3) is 3.75. The molecule has 0 aliphatic rings.